The van der Waals surface area contributed by atoms with E-state index in [9.17, 15) is 18.0 Å². The maximum atomic E-state index is 13.0. The Hall–Kier alpha value is -1.79. The maximum Gasteiger partial charge on any atom is 0.419 e. The Morgan fingerprint density at radius 2 is 2.20 bits per heavy atom. The molecule has 1 unspecified atom stereocenters. The van der Waals surface area contributed by atoms with Crippen LogP contribution >= 0.6 is 0 Å². The molecule has 1 saturated heterocycles. The topological polar surface area (TPSA) is 53.4 Å². The van der Waals surface area contributed by atoms with Crippen LogP contribution < -0.4 is 4.90 Å². The highest BCUT2D eigenvalue weighted by Crippen LogP contribution is 2.37. The molecular weight excluding hydrogens is 273 g/mol. The third-order valence-electron chi connectivity index (χ3n) is 3.40. The first kappa shape index (κ1) is 14.6. The summed E-state index contributed by atoms with van der Waals surface area (Å²) in [5.41, 5.74) is -0.808. The summed E-state index contributed by atoms with van der Waals surface area (Å²) < 4.78 is 39.0. The Kier molecular flexibility index (Phi) is 4.15. The summed E-state index contributed by atoms with van der Waals surface area (Å²) in [6.45, 7) is 0.401. The average molecular weight is 288 g/mol. The van der Waals surface area contributed by atoms with Crippen LogP contribution in [0.25, 0.3) is 0 Å². The first-order valence-electron chi connectivity index (χ1n) is 6.40. The zero-order valence-electron chi connectivity index (χ0n) is 10.7. The number of piperidine rings is 1. The van der Waals surface area contributed by atoms with E-state index in [-0.39, 0.29) is 12.2 Å². The van der Waals surface area contributed by atoms with Crippen LogP contribution in [0.3, 0.4) is 0 Å². The number of halogens is 3. The molecule has 1 aromatic heterocycles. The SMILES string of the molecule is O=C(O)CC1CCCCN1c1ncccc1C(F)(F)F. The normalized spacial score (nSPS) is 19.9. The number of pyridine rings is 1. The number of hydrogen-bond donors (Lipinski definition) is 1. The quantitative estimate of drug-likeness (QED) is 0.929. The van der Waals surface area contributed by atoms with Crippen molar-refractivity contribution in [1.82, 2.24) is 4.98 Å². The number of carboxylic acids is 1. The molecule has 1 aromatic rings. The Labute approximate surface area is 114 Å². The van der Waals surface area contributed by atoms with E-state index in [1.54, 1.807) is 0 Å². The van der Waals surface area contributed by atoms with Gasteiger partial charge in [0, 0.05) is 18.8 Å². The van der Waals surface area contributed by atoms with Crippen LogP contribution in [0.2, 0.25) is 0 Å². The Balaban J connectivity index is 2.35. The number of nitrogens with zero attached hydrogens (tertiary/aromatic N) is 2. The summed E-state index contributed by atoms with van der Waals surface area (Å²) in [6, 6.07) is 1.79. The second-order valence-electron chi connectivity index (χ2n) is 4.81. The zero-order chi connectivity index (χ0) is 14.8. The molecule has 1 fully saturated rings. The molecule has 20 heavy (non-hydrogen) atoms. The van der Waals surface area contributed by atoms with Crippen molar-refractivity contribution < 1.29 is 23.1 Å². The van der Waals surface area contributed by atoms with Gasteiger partial charge in [-0.3, -0.25) is 4.79 Å². The summed E-state index contributed by atoms with van der Waals surface area (Å²) in [7, 11) is 0. The molecule has 0 aliphatic carbocycles. The standard InChI is InChI=1S/C13H15F3N2O2/c14-13(15,16)10-5-3-6-17-12(10)18-7-2-1-4-9(18)8-11(19)20/h3,5-6,9H,1-2,4,7-8H2,(H,19,20). The molecule has 1 aliphatic rings. The van der Waals surface area contributed by atoms with E-state index in [0.29, 0.717) is 13.0 Å². The molecule has 2 rings (SSSR count). The molecule has 2 heterocycles. The Bertz CT molecular complexity index is 491. The lowest BCUT2D eigenvalue weighted by Gasteiger charge is -2.37. The van der Waals surface area contributed by atoms with Crippen molar-refractivity contribution in [3.63, 3.8) is 0 Å². The average Bonchev–Trinajstić information content (AvgIpc) is 2.38. The highest BCUT2D eigenvalue weighted by Gasteiger charge is 2.37. The highest BCUT2D eigenvalue weighted by molar-refractivity contribution is 5.68. The Morgan fingerprint density at radius 3 is 2.85 bits per heavy atom. The fourth-order valence-corrected chi connectivity index (χ4v) is 2.54. The fourth-order valence-electron chi connectivity index (χ4n) is 2.54. The fraction of sp³-hybridized carbons (Fsp3) is 0.538. The number of aromatic nitrogens is 1. The molecule has 0 aromatic carbocycles. The zero-order valence-corrected chi connectivity index (χ0v) is 10.7. The number of alkyl halides is 3. The molecule has 0 amide bonds. The summed E-state index contributed by atoms with van der Waals surface area (Å²) in [5, 5.41) is 8.89. The minimum atomic E-state index is -4.49. The van der Waals surface area contributed by atoms with Crippen LogP contribution in [-0.4, -0.2) is 28.6 Å². The molecule has 7 heteroatoms. The minimum absolute atomic E-state index is 0.161. The van der Waals surface area contributed by atoms with Gasteiger partial charge < -0.3 is 10.0 Å². The van der Waals surface area contributed by atoms with Crippen molar-refractivity contribution in [2.45, 2.75) is 37.9 Å². The van der Waals surface area contributed by atoms with Crippen molar-refractivity contribution in [2.75, 3.05) is 11.4 Å². The number of carbonyl (C=O) groups is 1. The van der Waals surface area contributed by atoms with Gasteiger partial charge in [0.15, 0.2) is 0 Å². The van der Waals surface area contributed by atoms with Gasteiger partial charge in [-0.1, -0.05) is 0 Å². The van der Waals surface area contributed by atoms with Crippen molar-refractivity contribution in [3.05, 3.63) is 23.9 Å². The molecule has 0 radical (unpaired) electrons. The van der Waals surface area contributed by atoms with Crippen LogP contribution in [0.4, 0.5) is 19.0 Å². The molecule has 0 saturated carbocycles. The summed E-state index contributed by atoms with van der Waals surface area (Å²) in [4.78, 5) is 16.2. The lowest BCUT2D eigenvalue weighted by atomic mass is 9.98. The van der Waals surface area contributed by atoms with E-state index in [1.807, 2.05) is 0 Å². The van der Waals surface area contributed by atoms with E-state index in [4.69, 9.17) is 5.11 Å². The van der Waals surface area contributed by atoms with Crippen LogP contribution in [0, 0.1) is 0 Å². The van der Waals surface area contributed by atoms with Gasteiger partial charge in [-0.2, -0.15) is 13.2 Å². The lowest BCUT2D eigenvalue weighted by Crippen LogP contribution is -2.42. The smallest absolute Gasteiger partial charge is 0.419 e. The predicted octanol–water partition coefficient (Wildman–Crippen LogP) is 2.93. The molecular formula is C13H15F3N2O2. The van der Waals surface area contributed by atoms with Gasteiger partial charge in [0.25, 0.3) is 0 Å². The van der Waals surface area contributed by atoms with E-state index in [1.165, 1.54) is 17.2 Å². The molecule has 1 atom stereocenters. The van der Waals surface area contributed by atoms with Crippen LogP contribution in [0.15, 0.2) is 18.3 Å². The van der Waals surface area contributed by atoms with E-state index in [0.717, 1.165) is 18.9 Å². The molecule has 1 aliphatic heterocycles. The van der Waals surface area contributed by atoms with Crippen LogP contribution in [-0.2, 0) is 11.0 Å². The number of carboxylic acid groups (broad SMARTS) is 1. The number of aliphatic carboxylic acids is 1. The molecule has 1 N–H and O–H groups in total. The largest absolute Gasteiger partial charge is 0.481 e. The van der Waals surface area contributed by atoms with Gasteiger partial charge in [-0.25, -0.2) is 4.98 Å². The third kappa shape index (κ3) is 3.20. The number of rotatable bonds is 3. The highest BCUT2D eigenvalue weighted by atomic mass is 19.4. The number of anilines is 1. The molecule has 4 nitrogen and oxygen atoms in total. The molecule has 110 valence electrons. The van der Waals surface area contributed by atoms with Gasteiger partial charge in [0.05, 0.1) is 12.0 Å². The van der Waals surface area contributed by atoms with Gasteiger partial charge in [-0.05, 0) is 31.4 Å². The second kappa shape index (κ2) is 5.68. The Morgan fingerprint density at radius 1 is 1.45 bits per heavy atom. The summed E-state index contributed by atoms with van der Waals surface area (Å²) >= 11 is 0. The summed E-state index contributed by atoms with van der Waals surface area (Å²) in [5.74, 6) is -1.17. The molecule has 0 bridgehead atoms. The third-order valence-corrected chi connectivity index (χ3v) is 3.40. The monoisotopic (exact) mass is 288 g/mol. The summed E-state index contributed by atoms with van der Waals surface area (Å²) in [6.07, 6.45) is -1.23. The minimum Gasteiger partial charge on any atom is -0.481 e. The van der Waals surface area contributed by atoms with Gasteiger partial charge in [0.2, 0.25) is 0 Å². The predicted molar refractivity (Wildman–Crippen MR) is 66.5 cm³/mol. The van der Waals surface area contributed by atoms with E-state index < -0.39 is 23.8 Å². The van der Waals surface area contributed by atoms with E-state index >= 15 is 0 Å². The van der Waals surface area contributed by atoms with Gasteiger partial charge in [0.1, 0.15) is 5.82 Å². The van der Waals surface area contributed by atoms with Crippen LogP contribution in [0.1, 0.15) is 31.2 Å². The molecule has 0 spiro atoms. The maximum absolute atomic E-state index is 13.0. The van der Waals surface area contributed by atoms with Crippen molar-refractivity contribution >= 4 is 11.8 Å². The van der Waals surface area contributed by atoms with Crippen molar-refractivity contribution in [1.29, 1.82) is 0 Å². The van der Waals surface area contributed by atoms with E-state index in [2.05, 4.69) is 4.98 Å². The van der Waals surface area contributed by atoms with Crippen LogP contribution in [0.5, 0.6) is 0 Å². The van der Waals surface area contributed by atoms with Crippen molar-refractivity contribution in [3.8, 4) is 0 Å². The van der Waals surface area contributed by atoms with Crippen molar-refractivity contribution in [2.24, 2.45) is 0 Å². The second-order valence-corrected chi connectivity index (χ2v) is 4.81. The van der Waals surface area contributed by atoms with Gasteiger partial charge >= 0.3 is 12.1 Å². The number of hydrogen-bond acceptors (Lipinski definition) is 3. The first-order valence-corrected chi connectivity index (χ1v) is 6.40. The first-order chi connectivity index (χ1) is 9.39. The lowest BCUT2D eigenvalue weighted by molar-refractivity contribution is -0.137. The van der Waals surface area contributed by atoms with Gasteiger partial charge in [-0.15, -0.1) is 0 Å².